The molecule has 0 aromatic heterocycles. The van der Waals surface area contributed by atoms with Gasteiger partial charge in [-0.25, -0.2) is 8.42 Å². The van der Waals surface area contributed by atoms with Gasteiger partial charge < -0.3 is 9.47 Å². The molecule has 0 saturated carbocycles. The van der Waals surface area contributed by atoms with Gasteiger partial charge in [-0.1, -0.05) is 50.5 Å². The molecular weight excluding hydrogens is 431 g/mol. The Labute approximate surface area is 189 Å². The highest BCUT2D eigenvalue weighted by molar-refractivity contribution is 7.90. The van der Waals surface area contributed by atoms with Gasteiger partial charge in [0.05, 0.1) is 19.1 Å². The Morgan fingerprint density at radius 3 is 1.55 bits per heavy atom. The highest BCUT2D eigenvalue weighted by atomic mass is 32.2. The van der Waals surface area contributed by atoms with Gasteiger partial charge in [-0.05, 0) is 53.6 Å². The third-order valence-corrected chi connectivity index (χ3v) is 5.38. The third kappa shape index (κ3) is 10.8. The molecule has 0 bridgehead atoms. The Kier molecular flexibility index (Phi) is 12.7. The number of methoxy groups -OCH3 is 2. The van der Waals surface area contributed by atoms with Gasteiger partial charge >= 0.3 is 7.80 Å². The van der Waals surface area contributed by atoms with Crippen molar-refractivity contribution < 1.29 is 22.5 Å². The van der Waals surface area contributed by atoms with Crippen LogP contribution in [0.25, 0.3) is 0 Å². The lowest BCUT2D eigenvalue weighted by molar-refractivity contribution is 0.406. The summed E-state index contributed by atoms with van der Waals surface area (Å²) < 4.78 is 42.7. The molecule has 0 aliphatic carbocycles. The molecule has 7 heteroatoms. The van der Waals surface area contributed by atoms with E-state index in [0.29, 0.717) is 22.5 Å². The molecule has 5 nitrogen and oxygen atoms in total. The van der Waals surface area contributed by atoms with Gasteiger partial charge in [-0.2, -0.15) is 0 Å². The molecule has 0 amide bonds. The van der Waals surface area contributed by atoms with Gasteiger partial charge in [0, 0.05) is 6.26 Å². The minimum absolute atomic E-state index is 0.295. The van der Waals surface area contributed by atoms with E-state index in [1.165, 1.54) is 17.4 Å². The number of rotatable bonds is 5. The predicted octanol–water partition coefficient (Wildman–Crippen LogP) is 6.42. The molecule has 174 valence electrons. The van der Waals surface area contributed by atoms with Crippen LogP contribution in [-0.4, -0.2) is 42.2 Å². The van der Waals surface area contributed by atoms with E-state index >= 15 is 0 Å². The Hall–Kier alpha value is -1.91. The van der Waals surface area contributed by atoms with Gasteiger partial charge in [0.2, 0.25) is 0 Å². The average molecular weight is 470 g/mol. The van der Waals surface area contributed by atoms with Gasteiger partial charge in [0.25, 0.3) is 0 Å². The molecule has 0 saturated heterocycles. The minimum atomic E-state index is -3.16. The summed E-state index contributed by atoms with van der Waals surface area (Å²) in [7, 11) is -0.756. The van der Waals surface area contributed by atoms with Gasteiger partial charge in [0.15, 0.2) is 9.84 Å². The summed E-state index contributed by atoms with van der Waals surface area (Å²) in [6, 6.07) is 11.3. The molecule has 2 rings (SSSR count). The van der Waals surface area contributed by atoms with E-state index in [0.717, 1.165) is 11.3 Å². The lowest BCUT2D eigenvalue weighted by atomic mass is 10.0. The number of aryl methyl sites for hydroxylation is 1. The average Bonchev–Trinajstić information content (AvgIpc) is 2.66. The number of ether oxygens (including phenoxy) is 2. The molecule has 0 unspecified atom stereocenters. The molecule has 2 aromatic rings. The first-order valence-electron chi connectivity index (χ1n) is 10.1. The quantitative estimate of drug-likeness (QED) is 0.473. The van der Waals surface area contributed by atoms with Crippen LogP contribution >= 0.6 is 7.80 Å². The van der Waals surface area contributed by atoms with E-state index in [1.807, 2.05) is 13.8 Å². The van der Waals surface area contributed by atoms with Crippen LogP contribution in [0.4, 0.5) is 0 Å². The summed E-state index contributed by atoms with van der Waals surface area (Å²) in [6.07, 6.45) is 1.19. The van der Waals surface area contributed by atoms with E-state index in [4.69, 9.17) is 9.47 Å². The molecule has 0 radical (unpaired) electrons. The first-order valence-corrected chi connectivity index (χ1v) is 14.2. The van der Waals surface area contributed by atoms with Crippen LogP contribution in [0.3, 0.4) is 0 Å². The van der Waals surface area contributed by atoms with Crippen molar-refractivity contribution in [1.29, 1.82) is 0 Å². The fourth-order valence-electron chi connectivity index (χ4n) is 2.69. The monoisotopic (exact) mass is 469 g/mol. The zero-order valence-corrected chi connectivity index (χ0v) is 22.2. The van der Waals surface area contributed by atoms with Crippen molar-refractivity contribution in [2.45, 2.75) is 51.3 Å². The summed E-state index contributed by atoms with van der Waals surface area (Å²) in [5.41, 5.74) is 3.55. The maximum Gasteiger partial charge on any atom is 0.332 e. The Morgan fingerprint density at radius 1 is 0.806 bits per heavy atom. The Bertz CT molecular complexity index is 946. The summed E-state index contributed by atoms with van der Waals surface area (Å²) in [5, 5.41) is 0. The third-order valence-electron chi connectivity index (χ3n) is 4.27. The molecule has 0 spiro atoms. The van der Waals surface area contributed by atoms with Crippen LogP contribution in [-0.2, 0) is 14.4 Å². The van der Waals surface area contributed by atoms with Crippen molar-refractivity contribution in [3.8, 4) is 11.5 Å². The first kappa shape index (κ1) is 29.1. The molecule has 0 fully saturated rings. The van der Waals surface area contributed by atoms with E-state index < -0.39 is 17.6 Å². The van der Waals surface area contributed by atoms with Crippen molar-refractivity contribution in [3.63, 3.8) is 0 Å². The van der Waals surface area contributed by atoms with E-state index in [-0.39, 0.29) is 0 Å². The fourth-order valence-corrected chi connectivity index (χ4v) is 3.33. The summed E-state index contributed by atoms with van der Waals surface area (Å²) in [4.78, 5) is 0.295. The van der Waals surface area contributed by atoms with Crippen LogP contribution in [0.1, 0.15) is 56.2 Å². The first-order chi connectivity index (χ1) is 14.2. The topological polar surface area (TPSA) is 69.7 Å². The largest absolute Gasteiger partial charge is 0.496 e. The number of sulfone groups is 1. The molecule has 0 heterocycles. The zero-order valence-electron chi connectivity index (χ0n) is 20.5. The molecular formula is C24H38O5PS+. The highest BCUT2D eigenvalue weighted by Gasteiger charge is 2.13. The van der Waals surface area contributed by atoms with Crippen LogP contribution in [0.15, 0.2) is 41.3 Å². The summed E-state index contributed by atoms with van der Waals surface area (Å²) >= 11 is 0. The van der Waals surface area contributed by atoms with Crippen LogP contribution in [0.2, 0.25) is 0 Å². The van der Waals surface area contributed by atoms with Crippen molar-refractivity contribution in [2.24, 2.45) is 0 Å². The molecule has 2 aromatic carbocycles. The second kappa shape index (κ2) is 13.5. The van der Waals surface area contributed by atoms with Crippen LogP contribution < -0.4 is 9.47 Å². The van der Waals surface area contributed by atoms with Crippen molar-refractivity contribution in [1.82, 2.24) is 0 Å². The van der Waals surface area contributed by atoms with Crippen molar-refractivity contribution in [3.05, 3.63) is 53.1 Å². The van der Waals surface area contributed by atoms with E-state index in [2.05, 4.69) is 39.0 Å². The van der Waals surface area contributed by atoms with Gasteiger partial charge in [-0.15, -0.1) is 0 Å². The Balaban J connectivity index is 0.000000504. The number of hydrogen-bond acceptors (Lipinski definition) is 5. The maximum absolute atomic E-state index is 11.3. The molecule has 0 N–H and O–H groups in total. The van der Waals surface area contributed by atoms with Crippen molar-refractivity contribution in [2.75, 3.05) is 33.8 Å². The summed E-state index contributed by atoms with van der Waals surface area (Å²) in [6.45, 7) is 13.9. The van der Waals surface area contributed by atoms with Gasteiger partial charge in [-0.3, -0.25) is 0 Å². The summed E-state index contributed by atoms with van der Waals surface area (Å²) in [5.74, 6) is 2.48. The second-order valence-corrected chi connectivity index (χ2v) is 11.7. The zero-order chi connectivity index (χ0) is 24.4. The Morgan fingerprint density at radius 2 is 1.19 bits per heavy atom. The molecule has 31 heavy (non-hydrogen) atoms. The van der Waals surface area contributed by atoms with Gasteiger partial charge in [0.1, 0.15) is 24.8 Å². The standard InChI is InChI=1S/C11H16O3S.C11H16O.C2H6OP/c1-8(2)10-6-5-9(15(4,12)13)7-11(10)14-3;1-8(2)10-6-5-9(3)7-11(10)12-4;1-4(2)3/h5-8H,1-4H3;5-8H,1-4H3;1-2H3/q;;+1. The number of benzene rings is 2. The van der Waals surface area contributed by atoms with E-state index in [9.17, 15) is 13.0 Å². The normalized spacial score (nSPS) is 10.6. The highest BCUT2D eigenvalue weighted by Crippen LogP contribution is 2.29. The van der Waals surface area contributed by atoms with E-state index in [1.54, 1.807) is 45.7 Å². The van der Waals surface area contributed by atoms with Crippen LogP contribution in [0.5, 0.6) is 11.5 Å². The molecule has 0 aliphatic heterocycles. The maximum atomic E-state index is 11.3. The molecule has 0 atom stereocenters. The smallest absolute Gasteiger partial charge is 0.332 e. The van der Waals surface area contributed by atoms with Crippen molar-refractivity contribution >= 4 is 17.6 Å². The lowest BCUT2D eigenvalue weighted by Crippen LogP contribution is -2.00. The SMILES string of the molecule is COc1cc(C)ccc1C(C)C.COc1cc(S(C)(=O)=O)ccc1C(C)C.C[P+](C)=O. The second-order valence-electron chi connectivity index (χ2n) is 8.04. The van der Waals surface area contributed by atoms with Crippen LogP contribution in [0, 0.1) is 6.92 Å². The lowest BCUT2D eigenvalue weighted by Gasteiger charge is -2.12. The predicted molar refractivity (Wildman–Crippen MR) is 131 cm³/mol. The molecule has 0 aliphatic rings. The number of hydrogen-bond donors (Lipinski definition) is 0. The minimum Gasteiger partial charge on any atom is -0.496 e. The fraction of sp³-hybridized carbons (Fsp3) is 0.500.